The largest absolute Gasteiger partial charge is 0.338 e. The zero-order valence-electron chi connectivity index (χ0n) is 21.2. The van der Waals surface area contributed by atoms with E-state index >= 15 is 0 Å². The highest BCUT2D eigenvalue weighted by atomic mass is 16.1. The Bertz CT molecular complexity index is 1800. The Hall–Kier alpha value is -4.92. The second-order valence-electron chi connectivity index (χ2n) is 10.00. The maximum absolute atomic E-state index is 12.8. The number of hydrogen-bond donors (Lipinski definition) is 3. The van der Waals surface area contributed by atoms with Crippen LogP contribution in [-0.2, 0) is 4.79 Å². The smallest absolute Gasteiger partial charge is 0.227 e. The zero-order valence-corrected chi connectivity index (χ0v) is 21.2. The van der Waals surface area contributed by atoms with Crippen LogP contribution in [0.5, 0.6) is 0 Å². The summed E-state index contributed by atoms with van der Waals surface area (Å²) in [5.74, 6) is 0.155. The molecule has 0 radical (unpaired) electrons. The lowest BCUT2D eigenvalue weighted by molar-refractivity contribution is -0.120. The Morgan fingerprint density at radius 1 is 0.923 bits per heavy atom. The summed E-state index contributed by atoms with van der Waals surface area (Å²) in [6.45, 7) is 0. The van der Waals surface area contributed by atoms with Crippen molar-refractivity contribution in [3.63, 3.8) is 0 Å². The minimum atomic E-state index is 0.0762. The van der Waals surface area contributed by atoms with Gasteiger partial charge < -0.3 is 10.3 Å². The van der Waals surface area contributed by atoms with E-state index in [1.807, 2.05) is 42.6 Å². The number of anilines is 1. The second kappa shape index (κ2) is 9.75. The normalized spacial score (nSPS) is 14.2. The third kappa shape index (κ3) is 4.41. The van der Waals surface area contributed by atoms with Gasteiger partial charge in [0, 0.05) is 47.2 Å². The minimum Gasteiger partial charge on any atom is -0.338 e. The molecule has 1 aliphatic carbocycles. The van der Waals surface area contributed by atoms with E-state index < -0.39 is 0 Å². The number of pyridine rings is 4. The summed E-state index contributed by atoms with van der Waals surface area (Å²) in [5, 5.41) is 11.7. The average molecular weight is 515 g/mol. The van der Waals surface area contributed by atoms with E-state index in [0.29, 0.717) is 11.4 Å². The molecule has 192 valence electrons. The molecule has 6 heterocycles. The number of rotatable bonds is 5. The molecule has 9 heteroatoms. The number of aromatic nitrogens is 7. The summed E-state index contributed by atoms with van der Waals surface area (Å²) >= 11 is 0. The second-order valence-corrected chi connectivity index (χ2v) is 10.00. The molecule has 0 spiro atoms. The van der Waals surface area contributed by atoms with Crippen molar-refractivity contribution in [2.75, 3.05) is 5.32 Å². The van der Waals surface area contributed by atoms with Crippen molar-refractivity contribution < 1.29 is 4.79 Å². The predicted octanol–water partition coefficient (Wildman–Crippen LogP) is 6.14. The van der Waals surface area contributed by atoms with Gasteiger partial charge in [0.15, 0.2) is 0 Å². The maximum Gasteiger partial charge on any atom is 0.227 e. The van der Waals surface area contributed by atoms with Crippen LogP contribution in [0.3, 0.4) is 0 Å². The third-order valence-corrected chi connectivity index (χ3v) is 7.44. The number of H-pyrrole nitrogens is 2. The molecule has 1 fully saturated rings. The summed E-state index contributed by atoms with van der Waals surface area (Å²) in [7, 11) is 0. The van der Waals surface area contributed by atoms with Gasteiger partial charge in [-0.1, -0.05) is 25.3 Å². The van der Waals surface area contributed by atoms with Crippen molar-refractivity contribution >= 4 is 33.7 Å². The van der Waals surface area contributed by atoms with Crippen LogP contribution in [0.25, 0.3) is 55.8 Å². The van der Waals surface area contributed by atoms with Gasteiger partial charge in [-0.3, -0.25) is 19.9 Å². The van der Waals surface area contributed by atoms with Crippen LogP contribution in [0.1, 0.15) is 32.1 Å². The van der Waals surface area contributed by atoms with E-state index in [2.05, 4.69) is 41.5 Å². The van der Waals surface area contributed by atoms with Gasteiger partial charge >= 0.3 is 0 Å². The van der Waals surface area contributed by atoms with Crippen molar-refractivity contribution in [1.29, 1.82) is 0 Å². The highest BCUT2D eigenvalue weighted by Gasteiger charge is 2.21. The lowest BCUT2D eigenvalue weighted by atomic mass is 9.88. The summed E-state index contributed by atoms with van der Waals surface area (Å²) in [4.78, 5) is 34.3. The molecule has 6 aromatic heterocycles. The Morgan fingerprint density at radius 2 is 1.82 bits per heavy atom. The third-order valence-electron chi connectivity index (χ3n) is 7.44. The number of fused-ring (bicyclic) bond motifs is 2. The standard InChI is InChI=1S/C30H26N8O/c39-30(18-5-2-1-3-6-18)34-21-13-20(16-32-17-21)24-8-9-25-27(35-24)28(38-37-25)26-14-23-22(10-12-33-29(23)36-26)19-7-4-11-31-15-19/h4,7-18H,1-3,5-6H2,(H,33,36)(H,34,39)(H,37,38). The Kier molecular flexibility index (Phi) is 5.81. The van der Waals surface area contributed by atoms with Gasteiger partial charge in [0.1, 0.15) is 16.9 Å². The topological polar surface area (TPSA) is 125 Å². The summed E-state index contributed by atoms with van der Waals surface area (Å²) < 4.78 is 0. The SMILES string of the molecule is O=C(Nc1cncc(-c2ccc3[nH]nc(-c4cc5c(-c6cccnc6)ccnc5[nH]4)c3n2)c1)C1CCCCC1. The molecule has 3 N–H and O–H groups in total. The molecule has 6 aromatic rings. The first-order valence-corrected chi connectivity index (χ1v) is 13.2. The number of carbonyl (C=O) groups excluding carboxylic acids is 1. The summed E-state index contributed by atoms with van der Waals surface area (Å²) in [6, 6.07) is 13.8. The molecule has 1 aliphatic rings. The van der Waals surface area contributed by atoms with Crippen LogP contribution in [0, 0.1) is 5.92 Å². The molecule has 0 aromatic carbocycles. The summed E-state index contributed by atoms with van der Waals surface area (Å²) in [6.07, 6.45) is 14.2. The molecule has 7 rings (SSSR count). The molecule has 0 bridgehead atoms. The van der Waals surface area contributed by atoms with Crippen molar-refractivity contribution in [2.24, 2.45) is 5.92 Å². The van der Waals surface area contributed by atoms with Gasteiger partial charge in [-0.25, -0.2) is 9.97 Å². The molecule has 9 nitrogen and oxygen atoms in total. The molecule has 39 heavy (non-hydrogen) atoms. The average Bonchev–Trinajstić information content (AvgIpc) is 3.62. The van der Waals surface area contributed by atoms with Crippen LogP contribution in [0.15, 0.2) is 73.4 Å². The van der Waals surface area contributed by atoms with Gasteiger partial charge in [-0.05, 0) is 54.8 Å². The van der Waals surface area contributed by atoms with Gasteiger partial charge in [0.2, 0.25) is 5.91 Å². The molecule has 0 saturated heterocycles. The number of aromatic amines is 2. The first kappa shape index (κ1) is 23.2. The molecule has 1 amide bonds. The highest BCUT2D eigenvalue weighted by molar-refractivity contribution is 5.99. The molecule has 0 aliphatic heterocycles. The zero-order chi connectivity index (χ0) is 26.2. The Morgan fingerprint density at radius 3 is 2.69 bits per heavy atom. The number of nitrogens with one attached hydrogen (secondary N) is 3. The van der Waals surface area contributed by atoms with Crippen LogP contribution < -0.4 is 5.32 Å². The van der Waals surface area contributed by atoms with Crippen molar-refractivity contribution in [1.82, 2.24) is 35.1 Å². The number of amides is 1. The van der Waals surface area contributed by atoms with Crippen LogP contribution in [-0.4, -0.2) is 41.0 Å². The molecular weight excluding hydrogens is 488 g/mol. The van der Waals surface area contributed by atoms with E-state index in [4.69, 9.17) is 4.98 Å². The quantitative estimate of drug-likeness (QED) is 0.254. The number of carbonyl (C=O) groups is 1. The summed E-state index contributed by atoms with van der Waals surface area (Å²) in [5.41, 5.74) is 8.16. The van der Waals surface area contributed by atoms with Gasteiger partial charge in [0.25, 0.3) is 0 Å². The van der Waals surface area contributed by atoms with E-state index in [-0.39, 0.29) is 11.8 Å². The van der Waals surface area contributed by atoms with Crippen LogP contribution in [0.4, 0.5) is 5.69 Å². The molecule has 0 atom stereocenters. The maximum atomic E-state index is 12.8. The van der Waals surface area contributed by atoms with Gasteiger partial charge in [-0.2, -0.15) is 5.10 Å². The van der Waals surface area contributed by atoms with E-state index in [1.54, 1.807) is 24.8 Å². The Balaban J connectivity index is 1.23. The Labute approximate surface area is 224 Å². The lowest BCUT2D eigenvalue weighted by Gasteiger charge is -2.20. The van der Waals surface area contributed by atoms with Gasteiger partial charge in [0.05, 0.1) is 28.8 Å². The fraction of sp³-hybridized carbons (Fsp3) is 0.200. The van der Waals surface area contributed by atoms with Crippen molar-refractivity contribution in [3.05, 3.63) is 73.4 Å². The fourth-order valence-electron chi connectivity index (χ4n) is 5.43. The number of nitrogens with zero attached hydrogens (tertiary/aromatic N) is 5. The van der Waals surface area contributed by atoms with E-state index in [0.717, 1.165) is 75.8 Å². The van der Waals surface area contributed by atoms with Crippen molar-refractivity contribution in [2.45, 2.75) is 32.1 Å². The molecular formula is C30H26N8O. The van der Waals surface area contributed by atoms with E-state index in [1.165, 1.54) is 6.42 Å². The fourth-order valence-corrected chi connectivity index (χ4v) is 5.43. The highest BCUT2D eigenvalue weighted by Crippen LogP contribution is 2.33. The van der Waals surface area contributed by atoms with Crippen LogP contribution >= 0.6 is 0 Å². The van der Waals surface area contributed by atoms with Crippen molar-refractivity contribution in [3.8, 4) is 33.8 Å². The van der Waals surface area contributed by atoms with E-state index in [9.17, 15) is 4.79 Å². The molecule has 1 saturated carbocycles. The predicted molar refractivity (Wildman–Crippen MR) is 151 cm³/mol. The lowest BCUT2D eigenvalue weighted by Crippen LogP contribution is -2.24. The molecule has 0 unspecified atom stereocenters. The first-order valence-electron chi connectivity index (χ1n) is 13.2. The minimum absolute atomic E-state index is 0.0762. The monoisotopic (exact) mass is 514 g/mol. The van der Waals surface area contributed by atoms with Crippen LogP contribution in [0.2, 0.25) is 0 Å². The first-order chi connectivity index (χ1) is 19.2. The number of hydrogen-bond acceptors (Lipinski definition) is 6. The van der Waals surface area contributed by atoms with Gasteiger partial charge in [-0.15, -0.1) is 0 Å².